The number of fused-ring (bicyclic) bond motifs is 4. The molecule has 150 valence electrons. The van der Waals surface area contributed by atoms with Crippen LogP contribution in [0.5, 0.6) is 0 Å². The number of likely N-dealkylation sites (N-methyl/N-ethyl adjacent to an activating group) is 1. The molecule has 0 saturated carbocycles. The SMILES string of the molecule is CN(C(=O)c1ccc(CN2CCCCC2)o1)c1nc2c(s1)[C@H]1CC[C@H](C2)N1C. The molecule has 1 amide bonds. The molecule has 6 nitrogen and oxygen atoms in total. The van der Waals surface area contributed by atoms with Crippen molar-refractivity contribution in [2.45, 2.75) is 57.2 Å². The Kier molecular flexibility index (Phi) is 4.77. The highest BCUT2D eigenvalue weighted by Gasteiger charge is 2.40. The number of furan rings is 1. The molecule has 2 aromatic rings. The fourth-order valence-corrected chi connectivity index (χ4v) is 6.11. The van der Waals surface area contributed by atoms with Gasteiger partial charge >= 0.3 is 0 Å². The van der Waals surface area contributed by atoms with Gasteiger partial charge in [0.25, 0.3) is 5.91 Å². The van der Waals surface area contributed by atoms with Gasteiger partial charge in [0.15, 0.2) is 10.9 Å². The van der Waals surface area contributed by atoms with Crippen LogP contribution in [-0.4, -0.2) is 53.9 Å². The van der Waals surface area contributed by atoms with Crippen molar-refractivity contribution in [2.24, 2.45) is 0 Å². The second-order valence-electron chi connectivity index (χ2n) is 8.39. The van der Waals surface area contributed by atoms with Crippen molar-refractivity contribution in [2.75, 3.05) is 32.1 Å². The molecule has 0 unspecified atom stereocenters. The van der Waals surface area contributed by atoms with Crippen LogP contribution in [-0.2, 0) is 13.0 Å². The third-order valence-corrected chi connectivity index (χ3v) is 7.86. The van der Waals surface area contributed by atoms with Crippen molar-refractivity contribution in [1.29, 1.82) is 0 Å². The van der Waals surface area contributed by atoms with E-state index in [0.717, 1.165) is 36.9 Å². The minimum Gasteiger partial charge on any atom is -0.455 e. The summed E-state index contributed by atoms with van der Waals surface area (Å²) in [5.74, 6) is 1.16. The van der Waals surface area contributed by atoms with Gasteiger partial charge in [0.2, 0.25) is 0 Å². The van der Waals surface area contributed by atoms with Gasteiger partial charge in [0, 0.05) is 30.4 Å². The number of hydrogen-bond donors (Lipinski definition) is 0. The van der Waals surface area contributed by atoms with E-state index >= 15 is 0 Å². The van der Waals surface area contributed by atoms with Crippen LogP contribution in [0.4, 0.5) is 5.13 Å². The molecular formula is C21H28N4O2S. The lowest BCUT2D eigenvalue weighted by Crippen LogP contribution is -2.33. The van der Waals surface area contributed by atoms with E-state index in [2.05, 4.69) is 16.8 Å². The molecule has 0 spiro atoms. The summed E-state index contributed by atoms with van der Waals surface area (Å²) in [5, 5.41) is 0.782. The lowest BCUT2D eigenvalue weighted by molar-refractivity contribution is 0.0962. The Morgan fingerprint density at radius 2 is 2.11 bits per heavy atom. The first-order valence-corrected chi connectivity index (χ1v) is 11.2. The molecule has 0 radical (unpaired) electrons. The first-order valence-electron chi connectivity index (χ1n) is 10.4. The van der Waals surface area contributed by atoms with Crippen LogP contribution in [0.15, 0.2) is 16.5 Å². The Morgan fingerprint density at radius 1 is 1.29 bits per heavy atom. The Hall–Kier alpha value is -1.70. The maximum absolute atomic E-state index is 13.0. The molecule has 28 heavy (non-hydrogen) atoms. The average molecular weight is 401 g/mol. The number of carbonyl (C=O) groups excluding carboxylic acids is 1. The summed E-state index contributed by atoms with van der Waals surface area (Å²) in [4.78, 5) is 25.7. The molecule has 2 fully saturated rings. The molecule has 5 heterocycles. The number of likely N-dealkylation sites (tertiary alicyclic amines) is 1. The van der Waals surface area contributed by atoms with Crippen molar-refractivity contribution in [1.82, 2.24) is 14.8 Å². The monoisotopic (exact) mass is 400 g/mol. The molecule has 0 aliphatic carbocycles. The van der Waals surface area contributed by atoms with E-state index in [9.17, 15) is 4.79 Å². The van der Waals surface area contributed by atoms with Crippen LogP contribution in [0.1, 0.15) is 65.0 Å². The first-order chi connectivity index (χ1) is 13.6. The first kappa shape index (κ1) is 18.3. The van der Waals surface area contributed by atoms with Gasteiger partial charge in [-0.15, -0.1) is 0 Å². The van der Waals surface area contributed by atoms with Crippen molar-refractivity contribution in [3.05, 3.63) is 34.2 Å². The van der Waals surface area contributed by atoms with Crippen LogP contribution in [0.2, 0.25) is 0 Å². The molecule has 0 aromatic carbocycles. The van der Waals surface area contributed by atoms with Gasteiger partial charge in [-0.2, -0.15) is 0 Å². The summed E-state index contributed by atoms with van der Waals surface area (Å²) in [6.07, 6.45) is 7.27. The summed E-state index contributed by atoms with van der Waals surface area (Å²) in [7, 11) is 4.02. The molecule has 3 aliphatic heterocycles. The lowest BCUT2D eigenvalue weighted by atomic mass is 10.1. The van der Waals surface area contributed by atoms with Gasteiger partial charge in [0.05, 0.1) is 12.2 Å². The van der Waals surface area contributed by atoms with Crippen LogP contribution in [0.3, 0.4) is 0 Å². The predicted molar refractivity (Wildman–Crippen MR) is 110 cm³/mol. The maximum atomic E-state index is 13.0. The van der Waals surface area contributed by atoms with E-state index in [-0.39, 0.29) is 5.91 Å². The third-order valence-electron chi connectivity index (χ3n) is 6.58. The van der Waals surface area contributed by atoms with Gasteiger partial charge in [-0.05, 0) is 58.0 Å². The van der Waals surface area contributed by atoms with E-state index in [1.165, 1.54) is 42.7 Å². The maximum Gasteiger partial charge on any atom is 0.295 e. The number of rotatable bonds is 4. The summed E-state index contributed by atoms with van der Waals surface area (Å²) < 4.78 is 5.90. The fourth-order valence-electron chi connectivity index (χ4n) is 4.87. The van der Waals surface area contributed by atoms with Gasteiger partial charge in [0.1, 0.15) is 5.76 Å². The Morgan fingerprint density at radius 3 is 2.93 bits per heavy atom. The molecule has 2 atom stereocenters. The van der Waals surface area contributed by atoms with Crippen LogP contribution in [0, 0.1) is 0 Å². The quantitative estimate of drug-likeness (QED) is 0.783. The summed E-state index contributed by atoms with van der Waals surface area (Å²) in [5.41, 5.74) is 1.19. The zero-order chi connectivity index (χ0) is 19.3. The number of carbonyl (C=O) groups is 1. The molecule has 2 aromatic heterocycles. The van der Waals surface area contributed by atoms with Gasteiger partial charge in [-0.25, -0.2) is 4.98 Å². The van der Waals surface area contributed by atoms with Gasteiger partial charge in [-0.1, -0.05) is 17.8 Å². The number of aromatic nitrogens is 1. The lowest BCUT2D eigenvalue weighted by Gasteiger charge is -2.29. The molecule has 7 heteroatoms. The highest BCUT2D eigenvalue weighted by Crippen LogP contribution is 2.46. The topological polar surface area (TPSA) is 52.8 Å². The predicted octanol–water partition coefficient (Wildman–Crippen LogP) is 3.69. The zero-order valence-corrected chi connectivity index (χ0v) is 17.5. The Bertz CT molecular complexity index is 870. The molecule has 0 N–H and O–H groups in total. The number of piperidine rings is 1. The van der Waals surface area contributed by atoms with Crippen LogP contribution in [0.25, 0.3) is 0 Å². The third kappa shape index (κ3) is 3.19. The largest absolute Gasteiger partial charge is 0.455 e. The number of nitrogens with zero attached hydrogens (tertiary/aromatic N) is 4. The minimum atomic E-state index is -0.116. The van der Waals surface area contributed by atoms with Crippen molar-refractivity contribution < 1.29 is 9.21 Å². The van der Waals surface area contributed by atoms with E-state index in [0.29, 0.717) is 17.8 Å². The van der Waals surface area contributed by atoms with E-state index in [4.69, 9.17) is 9.40 Å². The zero-order valence-electron chi connectivity index (χ0n) is 16.7. The van der Waals surface area contributed by atoms with Crippen molar-refractivity contribution >= 4 is 22.4 Å². The normalized spacial score (nSPS) is 25.1. The van der Waals surface area contributed by atoms with E-state index in [1.54, 1.807) is 29.4 Å². The molecule has 3 aliphatic rings. The van der Waals surface area contributed by atoms with Gasteiger partial charge < -0.3 is 4.42 Å². The molecule has 5 rings (SSSR count). The minimum absolute atomic E-state index is 0.116. The Balaban J connectivity index is 1.30. The highest BCUT2D eigenvalue weighted by molar-refractivity contribution is 7.16. The summed E-state index contributed by atoms with van der Waals surface area (Å²) >= 11 is 1.67. The molecule has 2 bridgehead atoms. The highest BCUT2D eigenvalue weighted by atomic mass is 32.1. The molecular weight excluding hydrogens is 372 g/mol. The number of amides is 1. The Labute approximate surface area is 170 Å². The summed E-state index contributed by atoms with van der Waals surface area (Å²) in [6, 6.07) is 4.83. The van der Waals surface area contributed by atoms with E-state index < -0.39 is 0 Å². The summed E-state index contributed by atoms with van der Waals surface area (Å²) in [6.45, 7) is 3.02. The second-order valence-corrected chi connectivity index (χ2v) is 9.40. The smallest absolute Gasteiger partial charge is 0.295 e. The number of hydrogen-bond acceptors (Lipinski definition) is 6. The molecule has 2 saturated heterocycles. The van der Waals surface area contributed by atoms with Gasteiger partial charge in [-0.3, -0.25) is 19.5 Å². The van der Waals surface area contributed by atoms with Crippen LogP contribution < -0.4 is 4.90 Å². The number of thiazole rings is 1. The second kappa shape index (κ2) is 7.28. The number of anilines is 1. The van der Waals surface area contributed by atoms with E-state index in [1.807, 2.05) is 6.07 Å². The van der Waals surface area contributed by atoms with Crippen molar-refractivity contribution in [3.8, 4) is 0 Å². The van der Waals surface area contributed by atoms with Crippen LogP contribution >= 0.6 is 11.3 Å². The average Bonchev–Trinajstić information content (AvgIpc) is 3.40. The fraction of sp³-hybridized carbons (Fsp3) is 0.619. The standard InChI is InChI=1S/C21H28N4O2S/c1-23-14-6-8-17(23)19-16(12-14)22-21(28-19)24(2)20(26)18-9-7-15(27-18)13-25-10-4-3-5-11-25/h7,9,14,17H,3-6,8,10-13H2,1-2H3/t14-,17-/m1/s1. The van der Waals surface area contributed by atoms with Crippen molar-refractivity contribution in [3.63, 3.8) is 0 Å².